The van der Waals surface area contributed by atoms with E-state index in [1.54, 1.807) is 24.5 Å². The highest BCUT2D eigenvalue weighted by Crippen LogP contribution is 2.50. The van der Waals surface area contributed by atoms with Crippen LogP contribution in [0.4, 0.5) is 26.3 Å². The van der Waals surface area contributed by atoms with Crippen molar-refractivity contribution in [2.75, 3.05) is 19.6 Å². The van der Waals surface area contributed by atoms with Crippen LogP contribution in [0.1, 0.15) is 37.0 Å². The summed E-state index contributed by atoms with van der Waals surface area (Å²) in [6.45, 7) is 7.67. The summed E-state index contributed by atoms with van der Waals surface area (Å²) < 4.78 is 79.2. The first-order valence-electron chi connectivity index (χ1n) is 14.0. The van der Waals surface area contributed by atoms with E-state index in [0.717, 1.165) is 49.4 Å². The van der Waals surface area contributed by atoms with Crippen LogP contribution in [-0.4, -0.2) is 75.3 Å². The molecule has 0 spiro atoms. The second kappa shape index (κ2) is 13.3. The first kappa shape index (κ1) is 32.9. The van der Waals surface area contributed by atoms with E-state index in [-0.39, 0.29) is 12.1 Å². The molecule has 0 bridgehead atoms. The van der Waals surface area contributed by atoms with Gasteiger partial charge in [-0.25, -0.2) is 0 Å². The highest BCUT2D eigenvalue weighted by Gasteiger charge is 2.71. The summed E-state index contributed by atoms with van der Waals surface area (Å²) in [6.07, 6.45) is -8.44. The molecule has 1 saturated heterocycles. The third-order valence-electron chi connectivity index (χ3n) is 7.66. The summed E-state index contributed by atoms with van der Waals surface area (Å²) in [6, 6.07) is 15.0. The first-order chi connectivity index (χ1) is 20.2. The number of pyridine rings is 1. The average molecular weight is 611 g/mol. The van der Waals surface area contributed by atoms with Gasteiger partial charge in [0.1, 0.15) is 6.23 Å². The quantitative estimate of drug-likeness (QED) is 0.210. The lowest BCUT2D eigenvalue weighted by atomic mass is 9.90. The van der Waals surface area contributed by atoms with Gasteiger partial charge in [-0.15, -0.1) is 0 Å². The van der Waals surface area contributed by atoms with Crippen LogP contribution in [-0.2, 0) is 18.7 Å². The number of hydrogen-bond donors (Lipinski definition) is 3. The van der Waals surface area contributed by atoms with Crippen molar-refractivity contribution in [3.63, 3.8) is 0 Å². The Morgan fingerprint density at radius 3 is 1.88 bits per heavy atom. The van der Waals surface area contributed by atoms with E-state index in [4.69, 9.17) is 0 Å². The normalized spacial score (nSPS) is 18.3. The second-order valence-electron chi connectivity index (χ2n) is 11.3. The molecule has 234 valence electrons. The maximum absolute atomic E-state index is 13.2. The lowest BCUT2D eigenvalue weighted by Crippen LogP contribution is -2.54. The third kappa shape index (κ3) is 7.93. The molecule has 1 aromatic heterocycles. The Hall–Kier alpha value is -3.03. The number of aliphatic hydroxyl groups is 2. The van der Waals surface area contributed by atoms with Gasteiger partial charge in [0.2, 0.25) is 0 Å². The van der Waals surface area contributed by atoms with Crippen LogP contribution in [0.15, 0.2) is 73.1 Å². The number of rotatable bonds is 10. The zero-order valence-corrected chi connectivity index (χ0v) is 23.9. The Morgan fingerprint density at radius 1 is 0.814 bits per heavy atom. The predicted molar refractivity (Wildman–Crippen MR) is 150 cm³/mol. The Bertz CT molecular complexity index is 1290. The molecule has 2 unspecified atom stereocenters. The number of hydrogen-bond acceptors (Lipinski definition) is 6. The van der Waals surface area contributed by atoms with Gasteiger partial charge in [-0.05, 0) is 48.2 Å². The fourth-order valence-corrected chi connectivity index (χ4v) is 5.42. The van der Waals surface area contributed by atoms with E-state index in [1.165, 1.54) is 0 Å². The zero-order valence-electron chi connectivity index (χ0n) is 23.9. The SMILES string of the molecule is CC(C)NC(O)CC1CN(Cc2ccc(-c3ccc(C(O)(C(F)(F)F)C(F)(F)F)cc3)cc2)CCN1Cc1ccncc1. The number of piperazine rings is 1. The molecule has 1 fully saturated rings. The van der Waals surface area contributed by atoms with Gasteiger partial charge < -0.3 is 10.2 Å². The van der Waals surface area contributed by atoms with Gasteiger partial charge in [-0.2, -0.15) is 26.3 Å². The molecular weight excluding hydrogens is 574 g/mol. The molecule has 0 aliphatic carbocycles. The van der Waals surface area contributed by atoms with Gasteiger partial charge in [-0.3, -0.25) is 20.1 Å². The number of aliphatic hydroxyl groups excluding tert-OH is 1. The maximum atomic E-state index is 13.2. The fraction of sp³-hybridized carbons (Fsp3) is 0.452. The third-order valence-corrected chi connectivity index (χ3v) is 7.66. The lowest BCUT2D eigenvalue weighted by Gasteiger charge is -2.42. The van der Waals surface area contributed by atoms with Crippen molar-refractivity contribution >= 4 is 0 Å². The zero-order chi connectivity index (χ0) is 31.4. The number of alkyl halides is 6. The maximum Gasteiger partial charge on any atom is 0.430 e. The molecule has 2 heterocycles. The van der Waals surface area contributed by atoms with Gasteiger partial charge in [-0.1, -0.05) is 48.5 Å². The molecule has 0 saturated carbocycles. The molecule has 3 N–H and O–H groups in total. The van der Waals surface area contributed by atoms with Crippen molar-refractivity contribution in [2.24, 2.45) is 0 Å². The standard InChI is InChI=1S/C31H36F6N4O2/c1-21(2)39-28(42)17-27-20-40(15-16-41(27)19-23-11-13-38-14-12-23)18-22-3-5-24(6-4-22)25-7-9-26(10-8-25)29(43,30(32,33)34)31(35,36)37/h3-14,21,27-28,39,42-43H,15-20H2,1-2H3. The summed E-state index contributed by atoms with van der Waals surface area (Å²) in [4.78, 5) is 8.75. The Kier molecular flexibility index (Phi) is 10.2. The molecule has 12 heteroatoms. The van der Waals surface area contributed by atoms with Crippen LogP contribution in [0, 0.1) is 0 Å². The van der Waals surface area contributed by atoms with E-state index in [0.29, 0.717) is 36.2 Å². The number of aromatic nitrogens is 1. The largest absolute Gasteiger partial charge is 0.430 e. The van der Waals surface area contributed by atoms with E-state index in [1.807, 2.05) is 38.1 Å². The number of nitrogens with one attached hydrogen (secondary N) is 1. The molecule has 4 rings (SSSR count). The molecule has 3 aromatic rings. The van der Waals surface area contributed by atoms with Gasteiger partial charge in [0.05, 0.1) is 0 Å². The lowest BCUT2D eigenvalue weighted by molar-refractivity contribution is -0.376. The van der Waals surface area contributed by atoms with E-state index in [9.17, 15) is 36.6 Å². The summed E-state index contributed by atoms with van der Waals surface area (Å²) in [5.41, 5.74) is -3.09. The summed E-state index contributed by atoms with van der Waals surface area (Å²) in [7, 11) is 0. The first-order valence-corrected chi connectivity index (χ1v) is 14.0. The molecule has 0 amide bonds. The van der Waals surface area contributed by atoms with Gasteiger partial charge in [0.15, 0.2) is 0 Å². The number of halogens is 6. The average Bonchev–Trinajstić information content (AvgIpc) is 2.93. The monoisotopic (exact) mass is 610 g/mol. The molecule has 6 nitrogen and oxygen atoms in total. The van der Waals surface area contributed by atoms with Crippen molar-refractivity contribution < 1.29 is 36.6 Å². The Balaban J connectivity index is 1.43. The fourth-order valence-electron chi connectivity index (χ4n) is 5.42. The van der Waals surface area contributed by atoms with Crippen molar-refractivity contribution in [3.8, 4) is 11.1 Å². The molecular formula is C31H36F6N4O2. The van der Waals surface area contributed by atoms with Crippen LogP contribution in [0.3, 0.4) is 0 Å². The molecule has 1 aliphatic heterocycles. The molecule has 1 aliphatic rings. The van der Waals surface area contributed by atoms with Crippen molar-refractivity contribution in [2.45, 2.75) is 69.6 Å². The predicted octanol–water partition coefficient (Wildman–Crippen LogP) is 5.45. The summed E-state index contributed by atoms with van der Waals surface area (Å²) >= 11 is 0. The number of nitrogens with zero attached hydrogens (tertiary/aromatic N) is 3. The van der Waals surface area contributed by atoms with Crippen molar-refractivity contribution in [3.05, 3.63) is 89.7 Å². The molecule has 2 aromatic carbocycles. The van der Waals surface area contributed by atoms with Crippen LogP contribution < -0.4 is 5.32 Å². The molecule has 2 atom stereocenters. The van der Waals surface area contributed by atoms with Crippen LogP contribution in [0.25, 0.3) is 11.1 Å². The minimum Gasteiger partial charge on any atom is -0.379 e. The van der Waals surface area contributed by atoms with Crippen LogP contribution in [0.5, 0.6) is 0 Å². The highest BCUT2D eigenvalue weighted by atomic mass is 19.4. The minimum atomic E-state index is -5.93. The Morgan fingerprint density at radius 2 is 1.35 bits per heavy atom. The highest BCUT2D eigenvalue weighted by molar-refractivity contribution is 5.64. The van der Waals surface area contributed by atoms with Gasteiger partial charge in [0, 0.05) is 69.2 Å². The summed E-state index contributed by atoms with van der Waals surface area (Å²) in [5, 5.41) is 23.4. The second-order valence-corrected chi connectivity index (χ2v) is 11.3. The van der Waals surface area contributed by atoms with E-state index in [2.05, 4.69) is 20.1 Å². The van der Waals surface area contributed by atoms with E-state index >= 15 is 0 Å². The van der Waals surface area contributed by atoms with Gasteiger partial charge >= 0.3 is 12.4 Å². The smallest absolute Gasteiger partial charge is 0.379 e. The van der Waals surface area contributed by atoms with E-state index < -0.39 is 29.7 Å². The number of benzene rings is 2. The van der Waals surface area contributed by atoms with Crippen molar-refractivity contribution in [1.82, 2.24) is 20.1 Å². The Labute approximate surface area is 247 Å². The summed E-state index contributed by atoms with van der Waals surface area (Å²) in [5.74, 6) is 0. The van der Waals surface area contributed by atoms with Crippen LogP contribution in [0.2, 0.25) is 0 Å². The van der Waals surface area contributed by atoms with Crippen molar-refractivity contribution in [1.29, 1.82) is 0 Å². The minimum absolute atomic E-state index is 0.0907. The van der Waals surface area contributed by atoms with Crippen LogP contribution >= 0.6 is 0 Å². The molecule has 0 radical (unpaired) electrons. The molecule has 43 heavy (non-hydrogen) atoms. The topological polar surface area (TPSA) is 71.9 Å². The van der Waals surface area contributed by atoms with Gasteiger partial charge in [0.25, 0.3) is 5.60 Å².